The molecule has 0 fully saturated rings. The predicted molar refractivity (Wildman–Crippen MR) is 74.3 cm³/mol. The molecule has 0 radical (unpaired) electrons. The fourth-order valence-corrected chi connectivity index (χ4v) is 2.30. The minimum Gasteiger partial charge on any atom is -0.486 e. The van der Waals surface area contributed by atoms with Crippen LogP contribution in [0, 0.1) is 19.3 Å². The van der Waals surface area contributed by atoms with Gasteiger partial charge < -0.3 is 4.52 Å². The zero-order chi connectivity index (χ0) is 14.1. The molecule has 3 rings (SSSR count). The first kappa shape index (κ1) is 12.4. The Hall–Kier alpha value is -2.62. The molecule has 0 saturated carbocycles. The third kappa shape index (κ3) is 1.95. The SMILES string of the molecule is Cc1ccccc1-c1c(=N)o[n-][n+]1-c1ccccc1C. The lowest BCUT2D eigenvalue weighted by atomic mass is 10.1. The van der Waals surface area contributed by atoms with Crippen LogP contribution in [0.25, 0.3) is 16.9 Å². The van der Waals surface area contributed by atoms with Gasteiger partial charge in [0.25, 0.3) is 11.2 Å². The van der Waals surface area contributed by atoms with Gasteiger partial charge in [-0.2, -0.15) is 4.68 Å². The molecule has 0 bridgehead atoms. The van der Waals surface area contributed by atoms with E-state index in [0.29, 0.717) is 5.69 Å². The van der Waals surface area contributed by atoms with Crippen LogP contribution in [0.1, 0.15) is 11.1 Å². The molecular weight excluding hydrogens is 250 g/mol. The van der Waals surface area contributed by atoms with E-state index in [1.54, 1.807) is 4.68 Å². The number of rotatable bonds is 2. The maximum atomic E-state index is 8.00. The van der Waals surface area contributed by atoms with E-state index in [1.165, 1.54) is 0 Å². The third-order valence-corrected chi connectivity index (χ3v) is 3.38. The Labute approximate surface area is 116 Å². The van der Waals surface area contributed by atoms with Gasteiger partial charge in [-0.05, 0) is 25.5 Å². The van der Waals surface area contributed by atoms with Crippen molar-refractivity contribution in [2.24, 2.45) is 0 Å². The molecule has 4 nitrogen and oxygen atoms in total. The van der Waals surface area contributed by atoms with Gasteiger partial charge in [-0.25, -0.2) is 5.27 Å². The lowest BCUT2D eigenvalue weighted by molar-refractivity contribution is -0.666. The standard InChI is InChI=1S/C16H15N3O/c1-11-7-3-5-9-13(11)15-16(17)20-18-19(15)14-10-6-4-8-12(14)2/h3-10,17H,1-2H3. The molecule has 0 saturated heterocycles. The van der Waals surface area contributed by atoms with E-state index < -0.39 is 0 Å². The summed E-state index contributed by atoms with van der Waals surface area (Å²) in [5.41, 5.74) is 4.81. The number of benzene rings is 2. The highest BCUT2D eigenvalue weighted by molar-refractivity contribution is 5.59. The van der Waals surface area contributed by atoms with Crippen molar-refractivity contribution < 1.29 is 9.20 Å². The maximum Gasteiger partial charge on any atom is 0.274 e. The minimum absolute atomic E-state index is 0.0718. The van der Waals surface area contributed by atoms with Gasteiger partial charge in [-0.3, -0.25) is 5.41 Å². The monoisotopic (exact) mass is 265 g/mol. The quantitative estimate of drug-likeness (QED) is 0.723. The number of hydrogen-bond acceptors (Lipinski definition) is 2. The number of hydrogen-bond donors (Lipinski definition) is 1. The van der Waals surface area contributed by atoms with E-state index in [1.807, 2.05) is 62.4 Å². The molecule has 3 aromatic rings. The summed E-state index contributed by atoms with van der Waals surface area (Å²) < 4.78 is 6.79. The molecule has 0 aliphatic rings. The average molecular weight is 265 g/mol. The van der Waals surface area contributed by atoms with E-state index in [2.05, 4.69) is 5.27 Å². The van der Waals surface area contributed by atoms with Gasteiger partial charge in [0.05, 0.1) is 5.56 Å². The maximum absolute atomic E-state index is 8.00. The summed E-state index contributed by atoms with van der Waals surface area (Å²) in [4.78, 5) is 0. The highest BCUT2D eigenvalue weighted by Gasteiger charge is 2.19. The molecule has 0 unspecified atom stereocenters. The van der Waals surface area contributed by atoms with E-state index in [-0.39, 0.29) is 5.55 Å². The van der Waals surface area contributed by atoms with E-state index in [4.69, 9.17) is 9.93 Å². The van der Waals surface area contributed by atoms with Gasteiger partial charge in [0, 0.05) is 11.6 Å². The Balaban J connectivity index is 2.29. The molecule has 100 valence electrons. The van der Waals surface area contributed by atoms with Crippen LogP contribution < -0.4 is 15.5 Å². The average Bonchev–Trinajstić information content (AvgIpc) is 2.82. The van der Waals surface area contributed by atoms with Crippen LogP contribution >= 0.6 is 0 Å². The second kappa shape index (κ2) is 4.81. The summed E-state index contributed by atoms with van der Waals surface area (Å²) in [7, 11) is 0. The predicted octanol–water partition coefficient (Wildman–Crippen LogP) is 2.28. The second-order valence-corrected chi connectivity index (χ2v) is 4.76. The van der Waals surface area contributed by atoms with Crippen molar-refractivity contribution >= 4 is 0 Å². The van der Waals surface area contributed by atoms with Crippen LogP contribution in [0.15, 0.2) is 53.1 Å². The number of nitrogens with zero attached hydrogens (tertiary/aromatic N) is 2. The fraction of sp³-hybridized carbons (Fsp3) is 0.125. The van der Waals surface area contributed by atoms with Gasteiger partial charge in [-0.1, -0.05) is 36.4 Å². The summed E-state index contributed by atoms with van der Waals surface area (Å²) in [6, 6.07) is 15.9. The lowest BCUT2D eigenvalue weighted by Gasteiger charge is -2.05. The van der Waals surface area contributed by atoms with Crippen LogP contribution in [0.5, 0.6) is 0 Å². The van der Waals surface area contributed by atoms with Crippen molar-refractivity contribution in [2.75, 3.05) is 0 Å². The first-order valence-corrected chi connectivity index (χ1v) is 6.44. The molecule has 2 aromatic carbocycles. The Morgan fingerprint density at radius 3 is 2.30 bits per heavy atom. The Kier molecular flexibility index (Phi) is 2.99. The van der Waals surface area contributed by atoms with Crippen LogP contribution in [0.3, 0.4) is 0 Å². The molecule has 0 atom stereocenters. The number of aromatic nitrogens is 2. The molecule has 4 heteroatoms. The zero-order valence-electron chi connectivity index (χ0n) is 11.4. The highest BCUT2D eigenvalue weighted by atomic mass is 16.5. The topological polar surface area (TPSA) is 55.0 Å². The zero-order valence-corrected chi connectivity index (χ0v) is 11.4. The molecule has 0 aliphatic carbocycles. The summed E-state index contributed by atoms with van der Waals surface area (Å²) >= 11 is 0. The van der Waals surface area contributed by atoms with Crippen molar-refractivity contribution in [1.82, 2.24) is 5.27 Å². The van der Waals surface area contributed by atoms with Crippen LogP contribution in [0.2, 0.25) is 0 Å². The van der Waals surface area contributed by atoms with E-state index >= 15 is 0 Å². The van der Waals surface area contributed by atoms with Crippen molar-refractivity contribution in [3.63, 3.8) is 0 Å². The van der Waals surface area contributed by atoms with E-state index in [9.17, 15) is 0 Å². The van der Waals surface area contributed by atoms with Crippen molar-refractivity contribution in [1.29, 1.82) is 5.41 Å². The lowest BCUT2D eigenvalue weighted by Crippen LogP contribution is -2.38. The molecule has 0 amide bonds. The first-order chi connectivity index (χ1) is 9.68. The number of para-hydroxylation sites is 1. The normalized spacial score (nSPS) is 10.7. The van der Waals surface area contributed by atoms with Gasteiger partial charge in [0.15, 0.2) is 0 Å². The minimum atomic E-state index is 0.0718. The highest BCUT2D eigenvalue weighted by Crippen LogP contribution is 2.18. The number of aryl methyl sites for hydroxylation is 2. The van der Waals surface area contributed by atoms with Crippen LogP contribution in [-0.4, -0.2) is 0 Å². The Bertz CT molecular complexity index is 814. The van der Waals surface area contributed by atoms with Gasteiger partial charge in [-0.15, -0.1) is 0 Å². The smallest absolute Gasteiger partial charge is 0.274 e. The summed E-state index contributed by atoms with van der Waals surface area (Å²) in [6.45, 7) is 4.03. The van der Waals surface area contributed by atoms with Crippen molar-refractivity contribution in [3.8, 4) is 16.9 Å². The van der Waals surface area contributed by atoms with Gasteiger partial charge in [0.2, 0.25) is 5.69 Å². The van der Waals surface area contributed by atoms with Gasteiger partial charge >= 0.3 is 0 Å². The summed E-state index contributed by atoms with van der Waals surface area (Å²) in [5.74, 6) is 0. The summed E-state index contributed by atoms with van der Waals surface area (Å²) in [6.07, 6.45) is 0. The third-order valence-electron chi connectivity index (χ3n) is 3.38. The van der Waals surface area contributed by atoms with Crippen LogP contribution in [0.4, 0.5) is 0 Å². The van der Waals surface area contributed by atoms with E-state index in [0.717, 1.165) is 22.4 Å². The number of nitrogens with one attached hydrogen (secondary N) is 1. The fourth-order valence-electron chi connectivity index (χ4n) is 2.30. The first-order valence-electron chi connectivity index (χ1n) is 6.44. The molecule has 0 aliphatic heterocycles. The van der Waals surface area contributed by atoms with Crippen molar-refractivity contribution in [3.05, 3.63) is 65.2 Å². The van der Waals surface area contributed by atoms with Crippen molar-refractivity contribution in [2.45, 2.75) is 13.8 Å². The Morgan fingerprint density at radius 1 is 0.950 bits per heavy atom. The van der Waals surface area contributed by atoms with Gasteiger partial charge in [0.1, 0.15) is 0 Å². The molecule has 0 spiro atoms. The summed E-state index contributed by atoms with van der Waals surface area (Å²) in [5, 5.41) is 12.0. The second-order valence-electron chi connectivity index (χ2n) is 4.76. The molecule has 1 heterocycles. The molecular formula is C16H15N3O. The molecule has 1 N–H and O–H groups in total. The largest absolute Gasteiger partial charge is 0.486 e. The molecule has 20 heavy (non-hydrogen) atoms. The molecule has 1 aromatic heterocycles. The Morgan fingerprint density at radius 2 is 1.60 bits per heavy atom. The van der Waals surface area contributed by atoms with Crippen LogP contribution in [-0.2, 0) is 0 Å².